The number of rotatable bonds is 7. The lowest BCUT2D eigenvalue weighted by molar-refractivity contribution is -0.118. The second-order valence-electron chi connectivity index (χ2n) is 7.38. The maximum Gasteiger partial charge on any atom is 0.243 e. The molecule has 1 amide bonds. The third-order valence-electron chi connectivity index (χ3n) is 5.18. The average molecular weight is 467 g/mol. The molecular formula is C21H26N2O6S2. The summed E-state index contributed by atoms with van der Waals surface area (Å²) in [6, 6.07) is 12.7. The summed E-state index contributed by atoms with van der Waals surface area (Å²) >= 11 is 0. The van der Waals surface area contributed by atoms with Gasteiger partial charge in [-0.25, -0.2) is 16.8 Å². The molecule has 0 spiro atoms. The summed E-state index contributed by atoms with van der Waals surface area (Å²) in [7, 11) is -5.19. The van der Waals surface area contributed by atoms with Gasteiger partial charge in [0.2, 0.25) is 15.9 Å². The van der Waals surface area contributed by atoms with E-state index in [2.05, 4.69) is 0 Å². The molecule has 0 radical (unpaired) electrons. The van der Waals surface area contributed by atoms with Crippen LogP contribution in [0.1, 0.15) is 12.0 Å². The molecule has 0 bridgehead atoms. The molecule has 1 aliphatic heterocycles. The van der Waals surface area contributed by atoms with E-state index in [1.165, 1.54) is 21.3 Å². The van der Waals surface area contributed by atoms with Crippen LogP contribution in [0, 0.1) is 0 Å². The highest BCUT2D eigenvalue weighted by atomic mass is 32.2. The molecule has 3 rings (SSSR count). The van der Waals surface area contributed by atoms with Gasteiger partial charge in [0.25, 0.3) is 0 Å². The Hall–Kier alpha value is -2.27. The number of hydrogen-bond acceptors (Lipinski definition) is 6. The van der Waals surface area contributed by atoms with Crippen molar-refractivity contribution in [1.82, 2.24) is 4.31 Å². The molecule has 10 heteroatoms. The summed E-state index contributed by atoms with van der Waals surface area (Å²) in [6.45, 7) is 1.47. The molecule has 0 saturated carbocycles. The first-order chi connectivity index (χ1) is 14.6. The van der Waals surface area contributed by atoms with E-state index in [0.717, 1.165) is 11.8 Å². The number of ether oxygens (including phenoxy) is 1. The second kappa shape index (κ2) is 9.47. The van der Waals surface area contributed by atoms with Gasteiger partial charge in [0.1, 0.15) is 0 Å². The number of amides is 1. The van der Waals surface area contributed by atoms with Gasteiger partial charge in [-0.3, -0.25) is 4.79 Å². The molecule has 8 nitrogen and oxygen atoms in total. The first kappa shape index (κ1) is 23.4. The number of aryl methyl sites for hydroxylation is 1. The van der Waals surface area contributed by atoms with Gasteiger partial charge >= 0.3 is 0 Å². The van der Waals surface area contributed by atoms with E-state index in [1.807, 2.05) is 0 Å². The Morgan fingerprint density at radius 2 is 1.48 bits per heavy atom. The normalized spacial score (nSPS) is 15.5. The fraction of sp³-hybridized carbons (Fsp3) is 0.381. The van der Waals surface area contributed by atoms with Gasteiger partial charge in [-0.15, -0.1) is 0 Å². The third kappa shape index (κ3) is 5.70. The zero-order valence-electron chi connectivity index (χ0n) is 17.5. The van der Waals surface area contributed by atoms with E-state index in [4.69, 9.17) is 4.74 Å². The van der Waals surface area contributed by atoms with Crippen LogP contribution in [0.4, 0.5) is 5.69 Å². The van der Waals surface area contributed by atoms with Gasteiger partial charge < -0.3 is 9.64 Å². The molecule has 1 heterocycles. The number of sulfonamides is 1. The Labute approximate surface area is 183 Å². The predicted octanol–water partition coefficient (Wildman–Crippen LogP) is 1.71. The van der Waals surface area contributed by atoms with Crippen LogP contribution < -0.4 is 4.90 Å². The fourth-order valence-corrected chi connectivity index (χ4v) is 5.28. The quantitative estimate of drug-likeness (QED) is 0.616. The monoisotopic (exact) mass is 466 g/mol. The van der Waals surface area contributed by atoms with Crippen molar-refractivity contribution in [2.75, 3.05) is 44.5 Å². The number of benzene rings is 2. The van der Waals surface area contributed by atoms with Crippen molar-refractivity contribution in [2.45, 2.75) is 22.6 Å². The molecule has 2 aromatic carbocycles. The van der Waals surface area contributed by atoms with Crippen molar-refractivity contribution in [1.29, 1.82) is 0 Å². The van der Waals surface area contributed by atoms with Gasteiger partial charge in [-0.1, -0.05) is 12.1 Å². The smallest absolute Gasteiger partial charge is 0.243 e. The average Bonchev–Trinajstić information content (AvgIpc) is 2.77. The van der Waals surface area contributed by atoms with Crippen LogP contribution in [-0.4, -0.2) is 66.7 Å². The van der Waals surface area contributed by atoms with Crippen molar-refractivity contribution in [3.8, 4) is 0 Å². The van der Waals surface area contributed by atoms with Crippen LogP contribution in [0.2, 0.25) is 0 Å². The number of sulfone groups is 1. The van der Waals surface area contributed by atoms with Crippen molar-refractivity contribution < 1.29 is 26.4 Å². The minimum atomic E-state index is -3.54. The molecule has 0 N–H and O–H groups in total. The minimum Gasteiger partial charge on any atom is -0.379 e. The molecule has 0 aliphatic carbocycles. The lowest BCUT2D eigenvalue weighted by Crippen LogP contribution is -2.40. The molecule has 0 atom stereocenters. The van der Waals surface area contributed by atoms with E-state index >= 15 is 0 Å². The topological polar surface area (TPSA) is 101 Å². The van der Waals surface area contributed by atoms with Crippen LogP contribution >= 0.6 is 0 Å². The van der Waals surface area contributed by atoms with Gasteiger partial charge in [0.15, 0.2) is 9.84 Å². The van der Waals surface area contributed by atoms with Crippen molar-refractivity contribution in [3.63, 3.8) is 0 Å². The number of carbonyl (C=O) groups excluding carboxylic acids is 1. The number of nitrogens with zero attached hydrogens (tertiary/aromatic N) is 2. The van der Waals surface area contributed by atoms with E-state index in [9.17, 15) is 21.6 Å². The Morgan fingerprint density at radius 1 is 0.935 bits per heavy atom. The van der Waals surface area contributed by atoms with E-state index in [1.54, 1.807) is 43.4 Å². The standard InChI is InChI=1S/C21H26N2O6S2/c1-22(18-6-10-19(11-7-18)30(2,25)26)21(24)12-5-17-3-8-20(9-4-17)31(27,28)23-13-15-29-16-14-23/h3-4,6-11H,5,12-16H2,1-2H3. The molecule has 31 heavy (non-hydrogen) atoms. The molecule has 168 valence electrons. The van der Waals surface area contributed by atoms with Gasteiger partial charge in [-0.05, 0) is 48.4 Å². The van der Waals surface area contributed by atoms with Crippen molar-refractivity contribution >= 4 is 31.5 Å². The maximum atomic E-state index is 12.7. The molecule has 2 aromatic rings. The van der Waals surface area contributed by atoms with Crippen molar-refractivity contribution in [2.24, 2.45) is 0 Å². The molecule has 1 saturated heterocycles. The highest BCUT2D eigenvalue weighted by Gasteiger charge is 2.26. The summed E-state index contributed by atoms with van der Waals surface area (Å²) in [6.07, 6.45) is 1.83. The summed E-state index contributed by atoms with van der Waals surface area (Å²) in [5.74, 6) is -0.128. The van der Waals surface area contributed by atoms with E-state index in [-0.39, 0.29) is 22.1 Å². The Kier molecular flexibility index (Phi) is 7.15. The summed E-state index contributed by atoms with van der Waals surface area (Å²) in [4.78, 5) is 14.4. The van der Waals surface area contributed by atoms with Crippen LogP contribution in [0.25, 0.3) is 0 Å². The molecule has 1 aliphatic rings. The molecule has 0 aromatic heterocycles. The highest BCUT2D eigenvalue weighted by molar-refractivity contribution is 7.90. The SMILES string of the molecule is CN(C(=O)CCc1ccc(S(=O)(=O)N2CCOCC2)cc1)c1ccc(S(C)(=O)=O)cc1. The summed E-state index contributed by atoms with van der Waals surface area (Å²) in [5.41, 5.74) is 1.46. The lowest BCUT2D eigenvalue weighted by atomic mass is 10.1. The zero-order chi connectivity index (χ0) is 22.6. The minimum absolute atomic E-state index is 0.128. The molecule has 0 unspecified atom stereocenters. The van der Waals surface area contributed by atoms with Crippen LogP contribution in [0.15, 0.2) is 58.3 Å². The predicted molar refractivity (Wildman–Crippen MR) is 117 cm³/mol. The van der Waals surface area contributed by atoms with Crippen molar-refractivity contribution in [3.05, 3.63) is 54.1 Å². The Balaban J connectivity index is 1.60. The third-order valence-corrected chi connectivity index (χ3v) is 8.23. The van der Waals surface area contributed by atoms with E-state index < -0.39 is 19.9 Å². The number of hydrogen-bond donors (Lipinski definition) is 0. The van der Waals surface area contributed by atoms with E-state index in [0.29, 0.717) is 38.4 Å². The van der Waals surface area contributed by atoms with Gasteiger partial charge in [-0.2, -0.15) is 4.31 Å². The second-order valence-corrected chi connectivity index (χ2v) is 11.3. The first-order valence-corrected chi connectivity index (χ1v) is 13.2. The van der Waals surface area contributed by atoms with Crippen LogP contribution in [0.3, 0.4) is 0 Å². The highest BCUT2D eigenvalue weighted by Crippen LogP contribution is 2.20. The Morgan fingerprint density at radius 3 is 2.03 bits per heavy atom. The summed E-state index contributed by atoms with van der Waals surface area (Å²) in [5, 5.41) is 0. The van der Waals surface area contributed by atoms with Gasteiger partial charge in [0, 0.05) is 38.5 Å². The molecular weight excluding hydrogens is 440 g/mol. The zero-order valence-corrected chi connectivity index (χ0v) is 19.2. The fourth-order valence-electron chi connectivity index (χ4n) is 3.24. The van der Waals surface area contributed by atoms with Crippen LogP contribution in [-0.2, 0) is 35.8 Å². The van der Waals surface area contributed by atoms with Crippen LogP contribution in [0.5, 0.6) is 0 Å². The Bertz CT molecular complexity index is 1120. The number of carbonyl (C=O) groups is 1. The lowest BCUT2D eigenvalue weighted by Gasteiger charge is -2.26. The van der Waals surface area contributed by atoms with Gasteiger partial charge in [0.05, 0.1) is 23.0 Å². The number of morpholine rings is 1. The first-order valence-electron chi connectivity index (χ1n) is 9.82. The summed E-state index contributed by atoms with van der Waals surface area (Å²) < 4.78 is 55.1. The number of anilines is 1. The maximum absolute atomic E-state index is 12.7. The molecule has 1 fully saturated rings. The largest absolute Gasteiger partial charge is 0.379 e.